The highest BCUT2D eigenvalue weighted by molar-refractivity contribution is 7.89. The quantitative estimate of drug-likeness (QED) is 0.286. The summed E-state index contributed by atoms with van der Waals surface area (Å²) in [6, 6.07) is 15.7. The van der Waals surface area contributed by atoms with Crippen LogP contribution in [-0.4, -0.2) is 48.1 Å². The van der Waals surface area contributed by atoms with Crippen LogP contribution in [-0.2, 0) is 23.1 Å². The molecule has 0 amide bonds. The first-order chi connectivity index (χ1) is 17.7. The SMILES string of the molecule is COc1ccc(CNS(=O)(=O)c2cccc(-c3cc(C(=O)O)cc4c3nnn4C/C(F)=C/CN)c2)cc1. The monoisotopic (exact) mass is 525 g/mol. The third kappa shape index (κ3) is 5.82. The van der Waals surface area contributed by atoms with Gasteiger partial charge in [-0.05, 0) is 53.6 Å². The van der Waals surface area contributed by atoms with Crippen LogP contribution < -0.4 is 15.2 Å². The zero-order chi connectivity index (χ0) is 26.6. The van der Waals surface area contributed by atoms with Gasteiger partial charge in [-0.25, -0.2) is 27.0 Å². The number of aromatic nitrogens is 3. The van der Waals surface area contributed by atoms with Crippen LogP contribution >= 0.6 is 0 Å². The largest absolute Gasteiger partial charge is 0.497 e. The molecule has 0 radical (unpaired) electrons. The normalized spacial score (nSPS) is 12.1. The van der Waals surface area contributed by atoms with E-state index in [4.69, 9.17) is 10.5 Å². The van der Waals surface area contributed by atoms with Crippen molar-refractivity contribution >= 4 is 27.0 Å². The molecule has 0 aliphatic rings. The highest BCUT2D eigenvalue weighted by Gasteiger charge is 2.19. The third-order valence-electron chi connectivity index (χ3n) is 5.59. The van der Waals surface area contributed by atoms with Crippen LogP contribution in [0.4, 0.5) is 4.39 Å². The van der Waals surface area contributed by atoms with Crippen molar-refractivity contribution in [3.05, 3.63) is 83.7 Å². The van der Waals surface area contributed by atoms with E-state index in [9.17, 15) is 22.7 Å². The number of fused-ring (bicyclic) bond motifs is 1. The molecule has 0 aliphatic carbocycles. The van der Waals surface area contributed by atoms with E-state index in [2.05, 4.69) is 15.0 Å². The highest BCUT2D eigenvalue weighted by Crippen LogP contribution is 2.31. The van der Waals surface area contributed by atoms with Crippen molar-refractivity contribution in [3.8, 4) is 16.9 Å². The van der Waals surface area contributed by atoms with E-state index in [1.807, 2.05) is 0 Å². The number of aromatic carboxylic acids is 1. The average molecular weight is 526 g/mol. The number of sulfonamides is 1. The molecule has 10 nitrogen and oxygen atoms in total. The lowest BCUT2D eigenvalue weighted by Crippen LogP contribution is -2.23. The lowest BCUT2D eigenvalue weighted by molar-refractivity contribution is 0.0697. The van der Waals surface area contributed by atoms with Gasteiger partial charge in [0.1, 0.15) is 17.1 Å². The van der Waals surface area contributed by atoms with E-state index in [1.54, 1.807) is 43.5 Å². The number of allylic oxidation sites excluding steroid dienone is 1. The summed E-state index contributed by atoms with van der Waals surface area (Å²) in [6.45, 7) is -0.219. The van der Waals surface area contributed by atoms with E-state index in [0.717, 1.165) is 5.56 Å². The van der Waals surface area contributed by atoms with E-state index in [-0.39, 0.29) is 35.6 Å². The molecular formula is C25H24FN5O5S. The van der Waals surface area contributed by atoms with Crippen LogP contribution in [0.2, 0.25) is 0 Å². The fourth-order valence-electron chi connectivity index (χ4n) is 3.70. The van der Waals surface area contributed by atoms with Gasteiger partial charge in [0.05, 0.1) is 29.6 Å². The maximum atomic E-state index is 14.1. The highest BCUT2D eigenvalue weighted by atomic mass is 32.2. The fourth-order valence-corrected chi connectivity index (χ4v) is 4.76. The van der Waals surface area contributed by atoms with Crippen molar-refractivity contribution in [1.29, 1.82) is 0 Å². The van der Waals surface area contributed by atoms with Crippen molar-refractivity contribution in [2.24, 2.45) is 5.73 Å². The average Bonchev–Trinajstić information content (AvgIpc) is 3.30. The van der Waals surface area contributed by atoms with Crippen LogP contribution in [0.5, 0.6) is 5.75 Å². The third-order valence-corrected chi connectivity index (χ3v) is 6.99. The van der Waals surface area contributed by atoms with Crippen LogP contribution in [0.3, 0.4) is 0 Å². The lowest BCUT2D eigenvalue weighted by atomic mass is 10.0. The van der Waals surface area contributed by atoms with Gasteiger partial charge in [0, 0.05) is 18.7 Å². The van der Waals surface area contributed by atoms with Crippen LogP contribution in [0.25, 0.3) is 22.2 Å². The van der Waals surface area contributed by atoms with Crippen molar-refractivity contribution in [2.45, 2.75) is 18.0 Å². The summed E-state index contributed by atoms with van der Waals surface area (Å²) in [7, 11) is -2.37. The molecule has 3 aromatic carbocycles. The summed E-state index contributed by atoms with van der Waals surface area (Å²) < 4.78 is 49.0. The summed E-state index contributed by atoms with van der Waals surface area (Å²) in [5.41, 5.74) is 7.34. The van der Waals surface area contributed by atoms with E-state index in [0.29, 0.717) is 22.4 Å². The number of halogens is 1. The summed E-state index contributed by atoms with van der Waals surface area (Å²) in [4.78, 5) is 11.8. The summed E-state index contributed by atoms with van der Waals surface area (Å²) in [6.07, 6.45) is 1.18. The predicted molar refractivity (Wildman–Crippen MR) is 135 cm³/mol. The fraction of sp³-hybridized carbons (Fsp3) is 0.160. The Hall–Kier alpha value is -4.13. The molecule has 192 valence electrons. The van der Waals surface area contributed by atoms with E-state index >= 15 is 0 Å². The molecule has 0 atom stereocenters. The first-order valence-corrected chi connectivity index (χ1v) is 12.6. The van der Waals surface area contributed by atoms with Gasteiger partial charge in [-0.15, -0.1) is 5.10 Å². The Morgan fingerprint density at radius 1 is 1.19 bits per heavy atom. The van der Waals surface area contributed by atoms with Crippen LogP contribution in [0.15, 0.2) is 77.5 Å². The van der Waals surface area contributed by atoms with Gasteiger partial charge >= 0.3 is 5.97 Å². The van der Waals surface area contributed by atoms with Gasteiger partial charge in [0.2, 0.25) is 10.0 Å². The second-order valence-corrected chi connectivity index (χ2v) is 9.80. The molecule has 0 unspecified atom stereocenters. The number of nitrogens with one attached hydrogen (secondary N) is 1. The summed E-state index contributed by atoms with van der Waals surface area (Å²) in [5, 5.41) is 17.7. The minimum Gasteiger partial charge on any atom is -0.497 e. The smallest absolute Gasteiger partial charge is 0.335 e. The van der Waals surface area contributed by atoms with Crippen LogP contribution in [0, 0.1) is 0 Å². The van der Waals surface area contributed by atoms with Gasteiger partial charge in [-0.3, -0.25) is 0 Å². The molecule has 12 heteroatoms. The van der Waals surface area contributed by atoms with Crippen molar-refractivity contribution in [2.75, 3.05) is 13.7 Å². The molecule has 4 aromatic rings. The van der Waals surface area contributed by atoms with Crippen molar-refractivity contribution < 1.29 is 27.4 Å². The summed E-state index contributed by atoms with van der Waals surface area (Å²) >= 11 is 0. The van der Waals surface area contributed by atoms with E-state index in [1.165, 1.54) is 35.0 Å². The molecule has 1 aromatic heterocycles. The first kappa shape index (κ1) is 25.9. The standard InChI is InChI=1S/C25H24FN5O5S/c1-36-20-7-5-16(6-8-20)14-28-37(34,35)21-4-2-3-17(11-21)22-12-18(25(32)33)13-23-24(22)29-30-31(23)15-19(26)9-10-27/h2-9,11-13,28H,10,14-15,27H2,1H3,(H,32,33)/b19-9-. The van der Waals surface area contributed by atoms with Gasteiger partial charge in [-0.2, -0.15) is 0 Å². The number of nitrogens with two attached hydrogens (primary N) is 1. The molecule has 1 heterocycles. The van der Waals surface area contributed by atoms with Gasteiger partial charge < -0.3 is 15.6 Å². The number of benzene rings is 3. The molecular weight excluding hydrogens is 501 g/mol. The Labute approximate surface area is 212 Å². The minimum absolute atomic E-state index is 0.00213. The lowest BCUT2D eigenvalue weighted by Gasteiger charge is -2.10. The number of nitrogens with zero attached hydrogens (tertiary/aromatic N) is 3. The van der Waals surface area contributed by atoms with Crippen molar-refractivity contribution in [1.82, 2.24) is 19.7 Å². The maximum Gasteiger partial charge on any atom is 0.335 e. The Morgan fingerprint density at radius 3 is 2.62 bits per heavy atom. The Bertz CT molecular complexity index is 1580. The molecule has 0 fully saturated rings. The number of rotatable bonds is 10. The van der Waals surface area contributed by atoms with Gasteiger partial charge in [0.25, 0.3) is 0 Å². The molecule has 0 spiro atoms. The Balaban J connectivity index is 1.70. The first-order valence-electron chi connectivity index (χ1n) is 11.1. The molecule has 37 heavy (non-hydrogen) atoms. The molecule has 4 rings (SSSR count). The maximum absolute atomic E-state index is 14.1. The zero-order valence-corrected chi connectivity index (χ0v) is 20.6. The van der Waals surface area contributed by atoms with Crippen molar-refractivity contribution in [3.63, 3.8) is 0 Å². The predicted octanol–water partition coefficient (Wildman–Crippen LogP) is 3.10. The number of methoxy groups -OCH3 is 1. The number of hydrogen-bond donors (Lipinski definition) is 3. The number of ether oxygens (including phenoxy) is 1. The number of carbonyl (C=O) groups is 1. The number of hydrogen-bond acceptors (Lipinski definition) is 7. The second-order valence-electron chi connectivity index (χ2n) is 8.03. The van der Waals surface area contributed by atoms with E-state index < -0.39 is 21.8 Å². The number of carboxylic acid groups (broad SMARTS) is 1. The molecule has 4 N–H and O–H groups in total. The Kier molecular flexibility index (Phi) is 7.62. The zero-order valence-electron chi connectivity index (χ0n) is 19.8. The van der Waals surface area contributed by atoms with Gasteiger partial charge in [0.15, 0.2) is 0 Å². The molecule has 0 bridgehead atoms. The second kappa shape index (κ2) is 10.9. The molecule has 0 saturated carbocycles. The van der Waals surface area contributed by atoms with Gasteiger partial charge in [-0.1, -0.05) is 29.5 Å². The number of carboxylic acids is 1. The topological polar surface area (TPSA) is 149 Å². The molecule has 0 saturated heterocycles. The molecule has 0 aliphatic heterocycles. The summed E-state index contributed by atoms with van der Waals surface area (Å²) in [5.74, 6) is -1.10. The van der Waals surface area contributed by atoms with Crippen LogP contribution in [0.1, 0.15) is 15.9 Å². The Morgan fingerprint density at radius 2 is 1.95 bits per heavy atom. The minimum atomic E-state index is -3.91.